The highest BCUT2D eigenvalue weighted by Gasteiger charge is 2.27. The number of nitrogens with one attached hydrogen (secondary N) is 1. The van der Waals surface area contributed by atoms with Crippen molar-refractivity contribution in [2.24, 2.45) is 5.92 Å². The Hall–Kier alpha value is -1.13. The van der Waals surface area contributed by atoms with E-state index in [2.05, 4.69) is 6.92 Å². The third-order valence-electron chi connectivity index (χ3n) is 3.54. The average molecular weight is 284 g/mol. The predicted molar refractivity (Wildman–Crippen MR) is 75.5 cm³/mol. The fourth-order valence-corrected chi connectivity index (χ4v) is 2.63. The van der Waals surface area contributed by atoms with Crippen molar-refractivity contribution in [3.05, 3.63) is 38.9 Å². The molecule has 1 aliphatic carbocycles. The van der Waals surface area contributed by atoms with E-state index >= 15 is 0 Å². The summed E-state index contributed by atoms with van der Waals surface area (Å²) in [6.07, 6.45) is 3.82. The van der Waals surface area contributed by atoms with Gasteiger partial charge < -0.3 is 4.90 Å². The smallest absolute Gasteiger partial charge is 0.288 e. The first-order valence-electron chi connectivity index (χ1n) is 6.86. The van der Waals surface area contributed by atoms with Crippen molar-refractivity contribution in [3.8, 4) is 0 Å². The Kier molecular flexibility index (Phi) is 4.77. The standard InChI is InChI=1S/C14H19ClN2O2/c1-2-7-16(9-11-3-4-11)10-12-5-6-13(15)14(8-12)17(18)19/h5-6,8,11H,2-4,7,9-10H2,1H3/p+1. The lowest BCUT2D eigenvalue weighted by Gasteiger charge is -2.18. The maximum absolute atomic E-state index is 10.9. The third kappa shape index (κ3) is 4.18. The van der Waals surface area contributed by atoms with Crippen molar-refractivity contribution >= 4 is 17.3 Å². The molecule has 0 aromatic heterocycles. The van der Waals surface area contributed by atoms with Gasteiger partial charge in [-0.2, -0.15) is 0 Å². The van der Waals surface area contributed by atoms with E-state index in [1.54, 1.807) is 12.1 Å². The molecule has 0 radical (unpaired) electrons. The molecule has 1 aromatic carbocycles. The van der Waals surface area contributed by atoms with Crippen molar-refractivity contribution in [2.75, 3.05) is 13.1 Å². The molecule has 5 heteroatoms. The number of nitro groups is 1. The van der Waals surface area contributed by atoms with Gasteiger partial charge in [-0.05, 0) is 25.3 Å². The Morgan fingerprint density at radius 1 is 1.47 bits per heavy atom. The van der Waals surface area contributed by atoms with Gasteiger partial charge in [-0.25, -0.2) is 0 Å². The Balaban J connectivity index is 2.06. The minimum absolute atomic E-state index is 0.0152. The molecule has 1 aliphatic rings. The maximum atomic E-state index is 10.9. The number of hydrogen-bond donors (Lipinski definition) is 1. The molecule has 1 aromatic rings. The molecule has 1 atom stereocenters. The lowest BCUT2D eigenvalue weighted by molar-refractivity contribution is -0.915. The second-order valence-electron chi connectivity index (χ2n) is 5.37. The van der Waals surface area contributed by atoms with Gasteiger partial charge in [0, 0.05) is 17.5 Å². The van der Waals surface area contributed by atoms with Gasteiger partial charge in [0.1, 0.15) is 11.6 Å². The van der Waals surface area contributed by atoms with E-state index in [1.807, 2.05) is 6.07 Å². The molecule has 0 aliphatic heterocycles. The molecular weight excluding hydrogens is 264 g/mol. The molecule has 104 valence electrons. The summed E-state index contributed by atoms with van der Waals surface area (Å²) < 4.78 is 0. The van der Waals surface area contributed by atoms with Crippen LogP contribution in [0.4, 0.5) is 5.69 Å². The summed E-state index contributed by atoms with van der Waals surface area (Å²) in [7, 11) is 0. The predicted octanol–water partition coefficient (Wildman–Crippen LogP) is 2.45. The van der Waals surface area contributed by atoms with Crippen molar-refractivity contribution in [3.63, 3.8) is 0 Å². The number of rotatable bonds is 7. The fraction of sp³-hybridized carbons (Fsp3) is 0.571. The summed E-state index contributed by atoms with van der Waals surface area (Å²) >= 11 is 5.83. The zero-order valence-electron chi connectivity index (χ0n) is 11.2. The van der Waals surface area contributed by atoms with Crippen LogP contribution in [0.25, 0.3) is 0 Å². The van der Waals surface area contributed by atoms with Crippen LogP contribution in [0.1, 0.15) is 31.7 Å². The van der Waals surface area contributed by atoms with E-state index in [0.717, 1.165) is 31.0 Å². The van der Waals surface area contributed by atoms with E-state index in [4.69, 9.17) is 11.6 Å². The maximum Gasteiger partial charge on any atom is 0.288 e. The summed E-state index contributed by atoms with van der Waals surface area (Å²) in [4.78, 5) is 12.0. The fourth-order valence-electron chi connectivity index (χ4n) is 2.44. The molecule has 0 amide bonds. The Labute approximate surface area is 118 Å². The van der Waals surface area contributed by atoms with Gasteiger partial charge in [0.15, 0.2) is 0 Å². The molecule has 0 saturated heterocycles. The number of nitro benzene ring substituents is 1. The molecule has 19 heavy (non-hydrogen) atoms. The number of hydrogen-bond acceptors (Lipinski definition) is 2. The van der Waals surface area contributed by atoms with E-state index in [0.29, 0.717) is 0 Å². The van der Waals surface area contributed by atoms with Crippen molar-refractivity contribution in [2.45, 2.75) is 32.7 Å². The first-order valence-corrected chi connectivity index (χ1v) is 7.24. The second-order valence-corrected chi connectivity index (χ2v) is 5.77. The van der Waals surface area contributed by atoms with E-state index in [9.17, 15) is 10.1 Å². The molecule has 0 heterocycles. The minimum Gasteiger partial charge on any atom is -0.331 e. The van der Waals surface area contributed by atoms with Gasteiger partial charge in [0.2, 0.25) is 0 Å². The van der Waals surface area contributed by atoms with Gasteiger partial charge in [-0.1, -0.05) is 24.6 Å². The second kappa shape index (κ2) is 6.35. The first kappa shape index (κ1) is 14.3. The van der Waals surface area contributed by atoms with Gasteiger partial charge >= 0.3 is 0 Å². The molecular formula is C14H20ClN2O2+. The molecule has 4 nitrogen and oxygen atoms in total. The average Bonchev–Trinajstić information content (AvgIpc) is 3.15. The van der Waals surface area contributed by atoms with Gasteiger partial charge in [-0.3, -0.25) is 10.1 Å². The minimum atomic E-state index is -0.410. The van der Waals surface area contributed by atoms with Gasteiger partial charge in [0.25, 0.3) is 5.69 Å². The summed E-state index contributed by atoms with van der Waals surface area (Å²) in [5, 5.41) is 11.1. The van der Waals surface area contributed by atoms with E-state index in [1.165, 1.54) is 24.3 Å². The number of quaternary nitrogens is 1. The van der Waals surface area contributed by atoms with Crippen LogP contribution in [0.5, 0.6) is 0 Å². The Bertz CT molecular complexity index is 461. The van der Waals surface area contributed by atoms with Gasteiger partial charge in [-0.15, -0.1) is 0 Å². The van der Waals surface area contributed by atoms with Crippen LogP contribution in [0.15, 0.2) is 18.2 Å². The number of halogens is 1. The molecule has 2 rings (SSSR count). The van der Waals surface area contributed by atoms with Crippen LogP contribution in [0, 0.1) is 16.0 Å². The number of benzene rings is 1. The van der Waals surface area contributed by atoms with Crippen molar-refractivity contribution < 1.29 is 9.82 Å². The highest BCUT2D eigenvalue weighted by molar-refractivity contribution is 6.32. The van der Waals surface area contributed by atoms with Crippen LogP contribution in [0.3, 0.4) is 0 Å². The quantitative estimate of drug-likeness (QED) is 0.617. The highest BCUT2D eigenvalue weighted by Crippen LogP contribution is 2.27. The van der Waals surface area contributed by atoms with Crippen molar-refractivity contribution in [1.82, 2.24) is 0 Å². The normalized spacial score (nSPS) is 16.3. The monoisotopic (exact) mass is 283 g/mol. The molecule has 0 bridgehead atoms. The zero-order valence-corrected chi connectivity index (χ0v) is 11.9. The summed E-state index contributed by atoms with van der Waals surface area (Å²) in [6, 6.07) is 5.15. The first-order chi connectivity index (χ1) is 9.10. The summed E-state index contributed by atoms with van der Waals surface area (Å²) in [6.45, 7) is 5.33. The lowest BCUT2D eigenvalue weighted by atomic mass is 10.1. The molecule has 1 N–H and O–H groups in total. The lowest BCUT2D eigenvalue weighted by Crippen LogP contribution is -3.11. The summed E-state index contributed by atoms with van der Waals surface area (Å²) in [5.74, 6) is 0.865. The molecule has 0 spiro atoms. The third-order valence-corrected chi connectivity index (χ3v) is 3.86. The topological polar surface area (TPSA) is 47.6 Å². The molecule has 1 saturated carbocycles. The van der Waals surface area contributed by atoms with Crippen molar-refractivity contribution in [1.29, 1.82) is 0 Å². The van der Waals surface area contributed by atoms with Crippen LogP contribution < -0.4 is 4.90 Å². The zero-order chi connectivity index (χ0) is 13.8. The Morgan fingerprint density at radius 3 is 2.79 bits per heavy atom. The molecule has 1 unspecified atom stereocenters. The van der Waals surface area contributed by atoms with Crippen LogP contribution in [0.2, 0.25) is 5.02 Å². The SMILES string of the molecule is CCC[NH+](Cc1ccc(Cl)c([N+](=O)[O-])c1)CC1CC1. The van der Waals surface area contributed by atoms with Crippen LogP contribution in [-0.2, 0) is 6.54 Å². The van der Waals surface area contributed by atoms with Crippen LogP contribution in [-0.4, -0.2) is 18.0 Å². The number of nitrogens with zero attached hydrogens (tertiary/aromatic N) is 1. The van der Waals surface area contributed by atoms with E-state index < -0.39 is 4.92 Å². The largest absolute Gasteiger partial charge is 0.331 e. The molecule has 1 fully saturated rings. The van der Waals surface area contributed by atoms with E-state index in [-0.39, 0.29) is 10.7 Å². The van der Waals surface area contributed by atoms with Crippen LogP contribution >= 0.6 is 11.6 Å². The Morgan fingerprint density at radius 2 is 2.21 bits per heavy atom. The highest BCUT2D eigenvalue weighted by atomic mass is 35.5. The van der Waals surface area contributed by atoms with Gasteiger partial charge in [0.05, 0.1) is 18.0 Å². The summed E-state index contributed by atoms with van der Waals surface area (Å²) in [5.41, 5.74) is 1.02.